The fourth-order valence-electron chi connectivity index (χ4n) is 3.37. The molecule has 0 saturated heterocycles. The van der Waals surface area contributed by atoms with Gasteiger partial charge in [-0.1, -0.05) is 5.21 Å². The van der Waals surface area contributed by atoms with Crippen LogP contribution in [-0.4, -0.2) is 33.6 Å². The number of carbonyl (C=O) groups is 1. The molecule has 2 fully saturated rings. The summed E-state index contributed by atoms with van der Waals surface area (Å²) in [4.78, 5) is 11.9. The van der Waals surface area contributed by atoms with Crippen LogP contribution in [0.5, 0.6) is 0 Å². The van der Waals surface area contributed by atoms with Crippen LogP contribution >= 0.6 is 0 Å². The van der Waals surface area contributed by atoms with Gasteiger partial charge in [-0.05, 0) is 31.7 Å². The van der Waals surface area contributed by atoms with Gasteiger partial charge in [-0.15, -0.1) is 5.10 Å². The van der Waals surface area contributed by atoms with Gasteiger partial charge in [0.1, 0.15) is 11.9 Å². The standard InChI is InChI=1S/C16H19FN4O2/c17-14-8-16(14)6-12(7-16)15(22)18-3-1-4-21-9-13(19-20-21)11-2-5-23-10-11/h2,5,9-10,12,14H,1,3-4,6-8H2,(H,18,22). The van der Waals surface area contributed by atoms with Crippen molar-refractivity contribution >= 4 is 5.91 Å². The Labute approximate surface area is 133 Å². The largest absolute Gasteiger partial charge is 0.472 e. The predicted octanol–water partition coefficient (Wildman–Crippen LogP) is 2.18. The van der Waals surface area contributed by atoms with E-state index >= 15 is 0 Å². The second kappa shape index (κ2) is 5.47. The first-order valence-corrected chi connectivity index (χ1v) is 8.01. The van der Waals surface area contributed by atoms with E-state index < -0.39 is 6.17 Å². The van der Waals surface area contributed by atoms with Gasteiger partial charge in [0, 0.05) is 30.0 Å². The van der Waals surface area contributed by atoms with E-state index in [0.29, 0.717) is 19.5 Å². The zero-order valence-corrected chi connectivity index (χ0v) is 12.7. The van der Waals surface area contributed by atoms with Gasteiger partial charge in [0.2, 0.25) is 5.91 Å². The van der Waals surface area contributed by atoms with Gasteiger partial charge < -0.3 is 9.73 Å². The number of rotatable bonds is 6. The van der Waals surface area contributed by atoms with Gasteiger partial charge in [0.25, 0.3) is 0 Å². The van der Waals surface area contributed by atoms with Crippen LogP contribution in [0.4, 0.5) is 4.39 Å². The minimum atomic E-state index is -0.664. The van der Waals surface area contributed by atoms with Crippen molar-refractivity contribution in [2.24, 2.45) is 11.3 Å². The molecule has 1 amide bonds. The number of aryl methyl sites for hydroxylation is 1. The Morgan fingerprint density at radius 2 is 2.30 bits per heavy atom. The maximum absolute atomic E-state index is 13.1. The van der Waals surface area contributed by atoms with E-state index in [9.17, 15) is 9.18 Å². The summed E-state index contributed by atoms with van der Waals surface area (Å²) in [5, 5.41) is 11.1. The molecule has 4 rings (SSSR count). The lowest BCUT2D eigenvalue weighted by molar-refractivity contribution is -0.130. The molecule has 7 heteroatoms. The van der Waals surface area contributed by atoms with E-state index in [0.717, 1.165) is 30.5 Å². The molecule has 2 aromatic heterocycles. The first-order chi connectivity index (χ1) is 11.2. The summed E-state index contributed by atoms with van der Waals surface area (Å²) in [6.45, 7) is 1.29. The molecule has 0 radical (unpaired) electrons. The van der Waals surface area contributed by atoms with Crippen molar-refractivity contribution < 1.29 is 13.6 Å². The molecule has 23 heavy (non-hydrogen) atoms. The summed E-state index contributed by atoms with van der Waals surface area (Å²) in [6.07, 6.45) is 7.29. The van der Waals surface area contributed by atoms with Crippen LogP contribution in [-0.2, 0) is 11.3 Å². The van der Waals surface area contributed by atoms with E-state index in [1.807, 2.05) is 12.3 Å². The average molecular weight is 318 g/mol. The third kappa shape index (κ3) is 2.75. The number of hydrogen-bond acceptors (Lipinski definition) is 4. The Hall–Kier alpha value is -2.18. The van der Waals surface area contributed by atoms with Crippen LogP contribution in [0.2, 0.25) is 0 Å². The molecule has 0 aromatic carbocycles. The third-order valence-electron chi connectivity index (χ3n) is 4.99. The van der Waals surface area contributed by atoms with E-state index in [2.05, 4.69) is 15.6 Å². The molecule has 1 spiro atoms. The molecule has 0 bridgehead atoms. The highest BCUT2D eigenvalue weighted by Crippen LogP contribution is 2.64. The summed E-state index contributed by atoms with van der Waals surface area (Å²) in [5.41, 5.74) is 1.55. The Balaban J connectivity index is 1.17. The van der Waals surface area contributed by atoms with Gasteiger partial charge in [0.15, 0.2) is 0 Å². The van der Waals surface area contributed by atoms with Gasteiger partial charge in [-0.25, -0.2) is 4.39 Å². The summed E-state index contributed by atoms with van der Waals surface area (Å²) in [6, 6.07) is 1.84. The number of alkyl halides is 1. The van der Waals surface area contributed by atoms with Crippen LogP contribution in [0.1, 0.15) is 25.7 Å². The first-order valence-electron chi connectivity index (χ1n) is 8.01. The van der Waals surface area contributed by atoms with Crippen molar-refractivity contribution in [1.82, 2.24) is 20.3 Å². The number of carbonyl (C=O) groups excluding carboxylic acids is 1. The van der Waals surface area contributed by atoms with Crippen LogP contribution in [0.25, 0.3) is 11.3 Å². The normalized spacial score (nSPS) is 28.6. The smallest absolute Gasteiger partial charge is 0.223 e. The lowest BCUT2D eigenvalue weighted by Crippen LogP contribution is -2.41. The number of hydrogen-bond donors (Lipinski definition) is 1. The number of nitrogens with zero attached hydrogens (tertiary/aromatic N) is 3. The molecule has 0 aliphatic heterocycles. The quantitative estimate of drug-likeness (QED) is 0.829. The predicted molar refractivity (Wildman–Crippen MR) is 80.0 cm³/mol. The summed E-state index contributed by atoms with van der Waals surface area (Å²) in [7, 11) is 0. The molecule has 1 atom stereocenters. The Morgan fingerprint density at radius 3 is 3.00 bits per heavy atom. The number of furan rings is 1. The number of amides is 1. The highest BCUT2D eigenvalue weighted by molar-refractivity contribution is 5.80. The van der Waals surface area contributed by atoms with E-state index in [1.165, 1.54) is 0 Å². The molecular weight excluding hydrogens is 299 g/mol. The monoisotopic (exact) mass is 318 g/mol. The van der Waals surface area contributed by atoms with Gasteiger partial charge in [-0.2, -0.15) is 0 Å². The van der Waals surface area contributed by atoms with Gasteiger partial charge >= 0.3 is 0 Å². The lowest BCUT2D eigenvalue weighted by atomic mass is 9.71. The maximum atomic E-state index is 13.1. The summed E-state index contributed by atoms with van der Waals surface area (Å²) in [5.74, 6) is 0.0715. The molecular formula is C16H19FN4O2. The first kappa shape index (κ1) is 14.4. The average Bonchev–Trinajstić information content (AvgIpc) is 2.92. The lowest BCUT2D eigenvalue weighted by Gasteiger charge is -2.34. The number of nitrogens with one attached hydrogen (secondary N) is 1. The molecule has 6 nitrogen and oxygen atoms in total. The zero-order valence-electron chi connectivity index (χ0n) is 12.7. The van der Waals surface area contributed by atoms with Crippen molar-refractivity contribution in [1.29, 1.82) is 0 Å². The Kier molecular flexibility index (Phi) is 3.43. The Morgan fingerprint density at radius 1 is 1.48 bits per heavy atom. The van der Waals surface area contributed by atoms with E-state index in [-0.39, 0.29) is 17.2 Å². The van der Waals surface area contributed by atoms with Crippen LogP contribution < -0.4 is 5.32 Å². The molecule has 2 saturated carbocycles. The van der Waals surface area contributed by atoms with Crippen molar-refractivity contribution in [2.45, 2.75) is 38.4 Å². The van der Waals surface area contributed by atoms with Crippen molar-refractivity contribution in [3.05, 3.63) is 24.8 Å². The highest BCUT2D eigenvalue weighted by atomic mass is 19.1. The Bertz CT molecular complexity index is 691. The minimum absolute atomic E-state index is 0.00909. The molecule has 2 aromatic rings. The molecule has 2 aliphatic rings. The van der Waals surface area contributed by atoms with E-state index in [4.69, 9.17) is 4.42 Å². The summed E-state index contributed by atoms with van der Waals surface area (Å²) >= 11 is 0. The van der Waals surface area contributed by atoms with Crippen LogP contribution in [0.3, 0.4) is 0 Å². The number of aromatic nitrogens is 3. The number of halogens is 1. The molecule has 122 valence electrons. The zero-order chi connectivity index (χ0) is 15.9. The highest BCUT2D eigenvalue weighted by Gasteiger charge is 2.63. The van der Waals surface area contributed by atoms with Gasteiger partial charge in [0.05, 0.1) is 18.7 Å². The van der Waals surface area contributed by atoms with Crippen molar-refractivity contribution in [3.8, 4) is 11.3 Å². The molecule has 2 heterocycles. The second-order valence-corrected chi connectivity index (χ2v) is 6.66. The fourth-order valence-corrected chi connectivity index (χ4v) is 3.37. The maximum Gasteiger partial charge on any atom is 0.223 e. The van der Waals surface area contributed by atoms with Gasteiger partial charge in [-0.3, -0.25) is 9.48 Å². The molecule has 2 aliphatic carbocycles. The third-order valence-corrected chi connectivity index (χ3v) is 4.99. The minimum Gasteiger partial charge on any atom is -0.472 e. The topological polar surface area (TPSA) is 73.0 Å². The molecule has 1 N–H and O–H groups in total. The summed E-state index contributed by atoms with van der Waals surface area (Å²) < 4.78 is 19.9. The van der Waals surface area contributed by atoms with Crippen molar-refractivity contribution in [3.63, 3.8) is 0 Å². The fraction of sp³-hybridized carbons (Fsp3) is 0.562. The molecule has 1 unspecified atom stereocenters. The SMILES string of the molecule is O=C(NCCCn1cc(-c2ccoc2)nn1)C1CC2(C1)CC2F. The second-order valence-electron chi connectivity index (χ2n) is 6.66. The van der Waals surface area contributed by atoms with Crippen LogP contribution in [0, 0.1) is 11.3 Å². The van der Waals surface area contributed by atoms with Crippen molar-refractivity contribution in [2.75, 3.05) is 6.54 Å². The van der Waals surface area contributed by atoms with Crippen LogP contribution in [0.15, 0.2) is 29.2 Å². The van der Waals surface area contributed by atoms with E-state index in [1.54, 1.807) is 17.2 Å².